The van der Waals surface area contributed by atoms with E-state index in [9.17, 15) is 13.2 Å². The SMILES string of the molecule is COc1ccc(S(=O)(=O)OCC(=O)c2ccccc2)cc1. The van der Waals surface area contributed by atoms with Crippen molar-refractivity contribution in [3.05, 3.63) is 60.2 Å². The van der Waals surface area contributed by atoms with E-state index in [4.69, 9.17) is 8.92 Å². The highest BCUT2D eigenvalue weighted by Crippen LogP contribution is 2.17. The number of ether oxygens (including phenoxy) is 1. The first-order valence-corrected chi connectivity index (χ1v) is 7.55. The number of methoxy groups -OCH3 is 1. The fourth-order valence-electron chi connectivity index (χ4n) is 1.65. The summed E-state index contributed by atoms with van der Waals surface area (Å²) in [7, 11) is -2.48. The zero-order valence-corrected chi connectivity index (χ0v) is 12.2. The van der Waals surface area contributed by atoms with Crippen LogP contribution in [0.2, 0.25) is 0 Å². The van der Waals surface area contributed by atoms with E-state index in [0.29, 0.717) is 11.3 Å². The minimum absolute atomic E-state index is 0.0239. The second-order valence-corrected chi connectivity index (χ2v) is 5.80. The highest BCUT2D eigenvalue weighted by Gasteiger charge is 2.17. The molecule has 2 rings (SSSR count). The van der Waals surface area contributed by atoms with Gasteiger partial charge in [-0.05, 0) is 24.3 Å². The lowest BCUT2D eigenvalue weighted by Gasteiger charge is -2.06. The number of hydrogen-bond acceptors (Lipinski definition) is 5. The first-order chi connectivity index (χ1) is 10.0. The molecule has 0 aromatic heterocycles. The van der Waals surface area contributed by atoms with Crippen molar-refractivity contribution >= 4 is 15.9 Å². The maximum absolute atomic E-state index is 12.0. The van der Waals surface area contributed by atoms with Crippen LogP contribution < -0.4 is 4.74 Å². The van der Waals surface area contributed by atoms with E-state index in [0.717, 1.165) is 0 Å². The molecule has 0 aliphatic carbocycles. The Hall–Kier alpha value is -2.18. The van der Waals surface area contributed by atoms with E-state index >= 15 is 0 Å². The summed E-state index contributed by atoms with van der Waals surface area (Å²) in [4.78, 5) is 11.8. The van der Waals surface area contributed by atoms with Crippen LogP contribution in [0, 0.1) is 0 Å². The minimum Gasteiger partial charge on any atom is -0.497 e. The highest BCUT2D eigenvalue weighted by molar-refractivity contribution is 7.86. The van der Waals surface area contributed by atoms with E-state index in [-0.39, 0.29) is 4.90 Å². The van der Waals surface area contributed by atoms with Gasteiger partial charge in [-0.3, -0.25) is 8.98 Å². The number of rotatable bonds is 6. The molecule has 110 valence electrons. The van der Waals surface area contributed by atoms with Crippen LogP contribution in [0.4, 0.5) is 0 Å². The summed E-state index contributed by atoms with van der Waals surface area (Å²) >= 11 is 0. The van der Waals surface area contributed by atoms with E-state index in [2.05, 4.69) is 0 Å². The lowest BCUT2D eigenvalue weighted by atomic mass is 10.1. The van der Waals surface area contributed by atoms with Crippen LogP contribution in [0.25, 0.3) is 0 Å². The molecule has 0 unspecified atom stereocenters. The molecular formula is C15H14O5S. The van der Waals surface area contributed by atoms with Crippen LogP contribution >= 0.6 is 0 Å². The number of carbonyl (C=O) groups excluding carboxylic acids is 1. The van der Waals surface area contributed by atoms with Gasteiger partial charge in [-0.1, -0.05) is 30.3 Å². The van der Waals surface area contributed by atoms with E-state index in [1.165, 1.54) is 31.4 Å². The van der Waals surface area contributed by atoms with Crippen LogP contribution in [0.5, 0.6) is 5.75 Å². The summed E-state index contributed by atoms with van der Waals surface area (Å²) in [5, 5.41) is 0. The molecule has 0 saturated carbocycles. The quantitative estimate of drug-likeness (QED) is 0.605. The van der Waals surface area contributed by atoms with Gasteiger partial charge in [0.1, 0.15) is 12.4 Å². The molecule has 0 heterocycles. The van der Waals surface area contributed by atoms with Gasteiger partial charge in [0.25, 0.3) is 10.1 Å². The highest BCUT2D eigenvalue weighted by atomic mass is 32.2. The summed E-state index contributed by atoms with van der Waals surface area (Å²) in [6.07, 6.45) is 0. The predicted molar refractivity (Wildman–Crippen MR) is 76.9 cm³/mol. The van der Waals surface area contributed by atoms with Gasteiger partial charge in [0.2, 0.25) is 0 Å². The average Bonchev–Trinajstić information content (AvgIpc) is 2.53. The second-order valence-electron chi connectivity index (χ2n) is 4.18. The summed E-state index contributed by atoms with van der Waals surface area (Å²) in [6.45, 7) is -0.529. The predicted octanol–water partition coefficient (Wildman–Crippen LogP) is 2.28. The van der Waals surface area contributed by atoms with Gasteiger partial charge in [0.15, 0.2) is 5.78 Å². The second kappa shape index (κ2) is 6.51. The van der Waals surface area contributed by atoms with Crippen molar-refractivity contribution < 1.29 is 22.1 Å². The van der Waals surface area contributed by atoms with Crippen molar-refractivity contribution in [2.75, 3.05) is 13.7 Å². The Bertz CT molecular complexity index is 705. The Morgan fingerprint density at radius 2 is 1.62 bits per heavy atom. The van der Waals surface area contributed by atoms with Crippen LogP contribution in [-0.4, -0.2) is 27.9 Å². The molecule has 0 saturated heterocycles. The smallest absolute Gasteiger partial charge is 0.297 e. The molecule has 21 heavy (non-hydrogen) atoms. The number of ketones is 1. The maximum atomic E-state index is 12.0. The molecular weight excluding hydrogens is 292 g/mol. The Morgan fingerprint density at radius 3 is 2.19 bits per heavy atom. The minimum atomic E-state index is -3.96. The Kier molecular flexibility index (Phi) is 4.72. The summed E-state index contributed by atoms with van der Waals surface area (Å²) in [5.74, 6) is 0.141. The summed E-state index contributed by atoms with van der Waals surface area (Å²) in [5.41, 5.74) is 0.405. The molecule has 0 fully saturated rings. The molecule has 0 bridgehead atoms. The topological polar surface area (TPSA) is 69.7 Å². The molecule has 0 amide bonds. The Labute approximate surface area is 123 Å². The van der Waals surface area contributed by atoms with Crippen LogP contribution in [-0.2, 0) is 14.3 Å². The Balaban J connectivity index is 2.05. The maximum Gasteiger partial charge on any atom is 0.297 e. The lowest BCUT2D eigenvalue weighted by Crippen LogP contribution is -2.14. The number of hydrogen-bond donors (Lipinski definition) is 0. The summed E-state index contributed by atoms with van der Waals surface area (Å²) in [6, 6.07) is 14.1. The van der Waals surface area contributed by atoms with Gasteiger partial charge in [0.05, 0.1) is 12.0 Å². The number of Topliss-reactive ketones (excluding diaryl/α,β-unsaturated/α-hetero) is 1. The normalized spacial score (nSPS) is 11.1. The van der Waals surface area contributed by atoms with Crippen LogP contribution in [0.15, 0.2) is 59.5 Å². The van der Waals surface area contributed by atoms with Gasteiger partial charge in [-0.2, -0.15) is 8.42 Å². The van der Waals surface area contributed by atoms with Crippen LogP contribution in [0.3, 0.4) is 0 Å². The van der Waals surface area contributed by atoms with Gasteiger partial charge >= 0.3 is 0 Å². The first kappa shape index (κ1) is 15.2. The Morgan fingerprint density at radius 1 is 1.00 bits per heavy atom. The van der Waals surface area contributed by atoms with Crippen molar-refractivity contribution in [1.82, 2.24) is 0 Å². The fraction of sp³-hybridized carbons (Fsp3) is 0.133. The van der Waals surface area contributed by atoms with Crippen molar-refractivity contribution in [2.24, 2.45) is 0 Å². The molecule has 0 radical (unpaired) electrons. The van der Waals surface area contributed by atoms with Gasteiger partial charge in [-0.25, -0.2) is 0 Å². The van der Waals surface area contributed by atoms with Gasteiger partial charge in [0, 0.05) is 5.56 Å². The summed E-state index contributed by atoms with van der Waals surface area (Å²) < 4.78 is 33.6. The largest absolute Gasteiger partial charge is 0.497 e. The van der Waals surface area contributed by atoms with E-state index in [1.807, 2.05) is 0 Å². The van der Waals surface area contributed by atoms with Crippen molar-refractivity contribution in [1.29, 1.82) is 0 Å². The third-order valence-electron chi connectivity index (χ3n) is 2.79. The molecule has 2 aromatic carbocycles. The molecule has 0 aliphatic heterocycles. The van der Waals surface area contributed by atoms with Crippen LogP contribution in [0.1, 0.15) is 10.4 Å². The third-order valence-corrected chi connectivity index (χ3v) is 4.07. The van der Waals surface area contributed by atoms with E-state index in [1.54, 1.807) is 30.3 Å². The zero-order valence-electron chi connectivity index (χ0n) is 11.4. The fourth-order valence-corrected chi connectivity index (χ4v) is 2.52. The lowest BCUT2D eigenvalue weighted by molar-refractivity contribution is 0.0924. The number of carbonyl (C=O) groups is 1. The van der Waals surface area contributed by atoms with Crippen molar-refractivity contribution in [3.63, 3.8) is 0 Å². The van der Waals surface area contributed by atoms with Crippen molar-refractivity contribution in [2.45, 2.75) is 4.90 Å². The monoisotopic (exact) mass is 306 g/mol. The van der Waals surface area contributed by atoms with Crippen molar-refractivity contribution in [3.8, 4) is 5.75 Å². The molecule has 0 spiro atoms. The molecule has 0 N–H and O–H groups in total. The first-order valence-electron chi connectivity index (χ1n) is 6.14. The van der Waals surface area contributed by atoms with E-state index < -0.39 is 22.5 Å². The molecule has 5 nitrogen and oxygen atoms in total. The third kappa shape index (κ3) is 3.90. The van der Waals surface area contributed by atoms with Gasteiger partial charge < -0.3 is 4.74 Å². The molecule has 6 heteroatoms. The number of benzene rings is 2. The molecule has 2 aromatic rings. The average molecular weight is 306 g/mol. The van der Waals surface area contributed by atoms with Gasteiger partial charge in [-0.15, -0.1) is 0 Å². The zero-order chi connectivity index (χ0) is 15.3. The molecule has 0 aliphatic rings. The molecule has 0 atom stereocenters. The standard InChI is InChI=1S/C15H14O5S/c1-19-13-7-9-14(10-8-13)21(17,18)20-11-15(16)12-5-3-2-4-6-12/h2-10H,11H2,1H3.